The quantitative estimate of drug-likeness (QED) is 0.367. The lowest BCUT2D eigenvalue weighted by Gasteiger charge is -2.28. The van der Waals surface area contributed by atoms with Crippen molar-refractivity contribution in [3.8, 4) is 0 Å². The third-order valence-corrected chi connectivity index (χ3v) is 4.48. The standard InChI is InChI=1S/C22H32N2O5/c1-14(13-15(2)16-11-12-17(28-6)21(27)29-16)9-7-8-10-18(25)24-19(20(23)26)22(3,4)5/h7-10,12-13,15-16,19H,11H2,1-6H3,(H2,23,26)(H,24,25)/b9-7-,10-8-,14-13+/t15-,16-,19+/m0/s1. The maximum atomic E-state index is 12.0. The number of hydrogen-bond acceptors (Lipinski definition) is 5. The predicted octanol–water partition coefficient (Wildman–Crippen LogP) is 2.54. The number of carbonyl (C=O) groups excluding carboxylic acids is 3. The van der Waals surface area contributed by atoms with Crippen molar-refractivity contribution >= 4 is 17.8 Å². The molecular weight excluding hydrogens is 372 g/mol. The van der Waals surface area contributed by atoms with Gasteiger partial charge in [-0.2, -0.15) is 0 Å². The summed E-state index contributed by atoms with van der Waals surface area (Å²) in [5.74, 6) is -1.15. The maximum Gasteiger partial charge on any atom is 0.373 e. The van der Waals surface area contributed by atoms with Crippen molar-refractivity contribution in [2.75, 3.05) is 7.11 Å². The average Bonchev–Trinajstić information content (AvgIpc) is 2.61. The van der Waals surface area contributed by atoms with Crippen molar-refractivity contribution in [3.63, 3.8) is 0 Å². The molecule has 0 fully saturated rings. The van der Waals surface area contributed by atoms with Crippen molar-refractivity contribution in [1.29, 1.82) is 0 Å². The third-order valence-electron chi connectivity index (χ3n) is 4.48. The van der Waals surface area contributed by atoms with Crippen molar-refractivity contribution in [3.05, 3.63) is 47.8 Å². The number of rotatable bonds is 8. The molecule has 1 aliphatic heterocycles. The van der Waals surface area contributed by atoms with Crippen LogP contribution in [-0.4, -0.2) is 37.0 Å². The van der Waals surface area contributed by atoms with Crippen LogP contribution in [0.15, 0.2) is 47.8 Å². The fraction of sp³-hybridized carbons (Fsp3) is 0.500. The van der Waals surface area contributed by atoms with Gasteiger partial charge in [-0.05, 0) is 18.4 Å². The van der Waals surface area contributed by atoms with E-state index >= 15 is 0 Å². The van der Waals surface area contributed by atoms with E-state index in [0.717, 1.165) is 5.57 Å². The van der Waals surface area contributed by atoms with E-state index in [1.165, 1.54) is 13.2 Å². The van der Waals surface area contributed by atoms with Gasteiger partial charge in [-0.15, -0.1) is 0 Å². The minimum atomic E-state index is -0.753. The Balaban J connectivity index is 2.62. The lowest BCUT2D eigenvalue weighted by atomic mass is 9.86. The van der Waals surface area contributed by atoms with Crippen LogP contribution in [0.4, 0.5) is 0 Å². The highest BCUT2D eigenvalue weighted by molar-refractivity contribution is 5.93. The first kappa shape index (κ1) is 24.2. The zero-order chi connectivity index (χ0) is 22.2. The summed E-state index contributed by atoms with van der Waals surface area (Å²) < 4.78 is 10.3. The van der Waals surface area contributed by atoms with Crippen LogP contribution in [0, 0.1) is 11.3 Å². The third kappa shape index (κ3) is 7.97. The van der Waals surface area contributed by atoms with Crippen molar-refractivity contribution < 1.29 is 23.9 Å². The summed E-state index contributed by atoms with van der Waals surface area (Å²) in [7, 11) is 1.44. The molecule has 1 rings (SSSR count). The second-order valence-corrected chi connectivity index (χ2v) is 8.15. The molecule has 29 heavy (non-hydrogen) atoms. The highest BCUT2D eigenvalue weighted by Crippen LogP contribution is 2.22. The monoisotopic (exact) mass is 404 g/mol. The second-order valence-electron chi connectivity index (χ2n) is 8.15. The zero-order valence-electron chi connectivity index (χ0n) is 18.0. The first-order valence-electron chi connectivity index (χ1n) is 9.53. The van der Waals surface area contributed by atoms with E-state index < -0.39 is 29.2 Å². The van der Waals surface area contributed by atoms with Gasteiger partial charge in [-0.1, -0.05) is 57.6 Å². The zero-order valence-corrected chi connectivity index (χ0v) is 18.0. The van der Waals surface area contributed by atoms with Crippen LogP contribution in [0.25, 0.3) is 0 Å². The normalized spacial score (nSPS) is 20.2. The molecule has 0 bridgehead atoms. The number of carbonyl (C=O) groups is 3. The summed E-state index contributed by atoms with van der Waals surface area (Å²) in [5, 5.41) is 2.62. The summed E-state index contributed by atoms with van der Waals surface area (Å²) in [6.45, 7) is 9.39. The van der Waals surface area contributed by atoms with Crippen LogP contribution in [0.5, 0.6) is 0 Å². The van der Waals surface area contributed by atoms with E-state index in [4.69, 9.17) is 15.2 Å². The van der Waals surface area contributed by atoms with Crippen LogP contribution < -0.4 is 11.1 Å². The molecule has 0 aromatic heterocycles. The Hall–Kier alpha value is -2.83. The molecule has 1 aliphatic rings. The summed E-state index contributed by atoms with van der Waals surface area (Å²) >= 11 is 0. The van der Waals surface area contributed by atoms with Gasteiger partial charge in [-0.3, -0.25) is 9.59 Å². The smallest absolute Gasteiger partial charge is 0.373 e. The molecule has 7 heteroatoms. The molecule has 1 heterocycles. The topological polar surface area (TPSA) is 108 Å². The lowest BCUT2D eigenvalue weighted by molar-refractivity contribution is -0.151. The van der Waals surface area contributed by atoms with Crippen LogP contribution in [0.2, 0.25) is 0 Å². The first-order valence-corrected chi connectivity index (χ1v) is 9.53. The van der Waals surface area contributed by atoms with Gasteiger partial charge in [0.2, 0.25) is 11.8 Å². The number of cyclic esters (lactones) is 1. The van der Waals surface area contributed by atoms with Crippen molar-refractivity contribution in [1.82, 2.24) is 5.32 Å². The fourth-order valence-corrected chi connectivity index (χ4v) is 2.87. The van der Waals surface area contributed by atoms with Gasteiger partial charge in [0.05, 0.1) is 7.11 Å². The average molecular weight is 405 g/mol. The van der Waals surface area contributed by atoms with Crippen LogP contribution in [-0.2, 0) is 23.9 Å². The number of hydrogen-bond donors (Lipinski definition) is 2. The van der Waals surface area contributed by atoms with E-state index in [1.54, 1.807) is 18.2 Å². The molecular formula is C22H32N2O5. The van der Waals surface area contributed by atoms with Crippen LogP contribution in [0.1, 0.15) is 41.0 Å². The minimum absolute atomic E-state index is 0.0219. The van der Waals surface area contributed by atoms with Crippen molar-refractivity contribution in [2.24, 2.45) is 17.1 Å². The van der Waals surface area contributed by atoms with Gasteiger partial charge in [0.1, 0.15) is 12.1 Å². The number of allylic oxidation sites excluding steroid dienone is 4. The van der Waals surface area contributed by atoms with Crippen LogP contribution >= 0.6 is 0 Å². The molecule has 3 N–H and O–H groups in total. The molecule has 0 spiro atoms. The van der Waals surface area contributed by atoms with E-state index in [2.05, 4.69) is 5.32 Å². The maximum absolute atomic E-state index is 12.0. The Bertz CT molecular complexity index is 741. The van der Waals surface area contributed by atoms with Crippen molar-refractivity contribution in [2.45, 2.75) is 53.2 Å². The molecule has 160 valence electrons. The SMILES string of the molecule is COC1=CC[C@@H]([C@@H](C)/C=C(C)/C=C\C=C/C(=O)N[C@H](C(N)=O)C(C)(C)C)OC1=O. The summed E-state index contributed by atoms with van der Waals surface area (Å²) in [4.78, 5) is 35.3. The lowest BCUT2D eigenvalue weighted by Crippen LogP contribution is -2.51. The molecule has 0 unspecified atom stereocenters. The highest BCUT2D eigenvalue weighted by Gasteiger charge is 2.30. The number of nitrogens with one attached hydrogen (secondary N) is 1. The largest absolute Gasteiger partial charge is 0.490 e. The number of esters is 1. The summed E-state index contributed by atoms with van der Waals surface area (Å²) in [5.41, 5.74) is 5.85. The molecule has 0 aromatic carbocycles. The number of amides is 2. The molecule has 0 saturated carbocycles. The minimum Gasteiger partial charge on any atom is -0.490 e. The Morgan fingerprint density at radius 3 is 2.45 bits per heavy atom. The molecule has 2 amide bonds. The predicted molar refractivity (Wildman–Crippen MR) is 111 cm³/mol. The molecule has 0 saturated heterocycles. The van der Waals surface area contributed by atoms with Gasteiger partial charge in [-0.25, -0.2) is 4.79 Å². The number of nitrogens with two attached hydrogens (primary N) is 1. The second kappa shape index (κ2) is 10.6. The number of primary amides is 1. The van der Waals surface area contributed by atoms with Gasteiger partial charge in [0, 0.05) is 18.4 Å². The van der Waals surface area contributed by atoms with Gasteiger partial charge >= 0.3 is 5.97 Å². The molecule has 7 nitrogen and oxygen atoms in total. The van der Waals surface area contributed by atoms with Crippen LogP contribution in [0.3, 0.4) is 0 Å². The van der Waals surface area contributed by atoms with E-state index in [0.29, 0.717) is 6.42 Å². The van der Waals surface area contributed by atoms with E-state index in [1.807, 2.05) is 46.8 Å². The number of ether oxygens (including phenoxy) is 2. The molecule has 0 aliphatic carbocycles. The molecule has 0 aromatic rings. The fourth-order valence-electron chi connectivity index (χ4n) is 2.87. The Labute approximate surface area is 172 Å². The summed E-state index contributed by atoms with van der Waals surface area (Å²) in [6, 6.07) is -0.753. The molecule has 0 radical (unpaired) electrons. The van der Waals surface area contributed by atoms with E-state index in [-0.39, 0.29) is 17.8 Å². The molecule has 3 atom stereocenters. The van der Waals surface area contributed by atoms with Gasteiger partial charge < -0.3 is 20.5 Å². The highest BCUT2D eigenvalue weighted by atomic mass is 16.6. The Morgan fingerprint density at radius 2 is 1.93 bits per heavy atom. The first-order chi connectivity index (χ1) is 13.5. The Morgan fingerprint density at radius 1 is 1.31 bits per heavy atom. The Kier molecular flexibility index (Phi) is 8.88. The van der Waals surface area contributed by atoms with Gasteiger partial charge in [0.25, 0.3) is 0 Å². The number of methoxy groups -OCH3 is 1. The van der Waals surface area contributed by atoms with E-state index in [9.17, 15) is 14.4 Å². The summed E-state index contributed by atoms with van der Waals surface area (Å²) in [6.07, 6.45) is 10.6. The van der Waals surface area contributed by atoms with Gasteiger partial charge in [0.15, 0.2) is 5.76 Å².